The number of ether oxygens (including phenoxy) is 2. The van der Waals surface area contributed by atoms with Crippen LogP contribution in [0.15, 0.2) is 18.2 Å². The van der Waals surface area contributed by atoms with Crippen LogP contribution < -0.4 is 10.5 Å². The highest BCUT2D eigenvalue weighted by Gasteiger charge is 2.10. The Kier molecular flexibility index (Phi) is 5.94. The zero-order chi connectivity index (χ0) is 12.7. The van der Waals surface area contributed by atoms with Crippen molar-refractivity contribution >= 4 is 0 Å². The van der Waals surface area contributed by atoms with Gasteiger partial charge in [-0.05, 0) is 24.1 Å². The summed E-state index contributed by atoms with van der Waals surface area (Å²) in [5.41, 5.74) is 6.63. The predicted octanol–water partition coefficient (Wildman–Crippen LogP) is 2.65. The zero-order valence-electron chi connectivity index (χ0n) is 10.4. The standard InChI is InChI=1S/C13H20FNO2/c1-3-4-7-17-9-12(15)10-5-6-13(16-2)11(14)8-10/h5-6,8,12H,3-4,7,9,15H2,1-2H3. The third-order valence-electron chi connectivity index (χ3n) is 2.54. The Morgan fingerprint density at radius 2 is 2.18 bits per heavy atom. The molecule has 0 bridgehead atoms. The van der Waals surface area contributed by atoms with Crippen molar-refractivity contribution in [2.75, 3.05) is 20.3 Å². The van der Waals surface area contributed by atoms with Crippen molar-refractivity contribution in [2.45, 2.75) is 25.8 Å². The molecule has 0 radical (unpaired) electrons. The first-order valence-electron chi connectivity index (χ1n) is 5.85. The van der Waals surface area contributed by atoms with Gasteiger partial charge in [0, 0.05) is 6.61 Å². The van der Waals surface area contributed by atoms with Crippen molar-refractivity contribution < 1.29 is 13.9 Å². The summed E-state index contributed by atoms with van der Waals surface area (Å²) in [6, 6.07) is 4.44. The van der Waals surface area contributed by atoms with E-state index in [2.05, 4.69) is 6.92 Å². The van der Waals surface area contributed by atoms with Crippen LogP contribution in [0.3, 0.4) is 0 Å². The van der Waals surface area contributed by atoms with Crippen molar-refractivity contribution in [1.82, 2.24) is 0 Å². The molecule has 2 N–H and O–H groups in total. The van der Waals surface area contributed by atoms with E-state index in [1.807, 2.05) is 0 Å². The lowest BCUT2D eigenvalue weighted by Crippen LogP contribution is -2.17. The number of methoxy groups -OCH3 is 1. The van der Waals surface area contributed by atoms with Crippen LogP contribution in [0.1, 0.15) is 31.4 Å². The molecule has 0 amide bonds. The SMILES string of the molecule is CCCCOCC(N)c1ccc(OC)c(F)c1. The topological polar surface area (TPSA) is 44.5 Å². The first-order chi connectivity index (χ1) is 8.19. The van der Waals surface area contributed by atoms with E-state index in [-0.39, 0.29) is 11.8 Å². The molecule has 1 aromatic carbocycles. The summed E-state index contributed by atoms with van der Waals surface area (Å²) in [6.45, 7) is 3.21. The maximum Gasteiger partial charge on any atom is 0.165 e. The maximum atomic E-state index is 13.4. The highest BCUT2D eigenvalue weighted by Crippen LogP contribution is 2.20. The lowest BCUT2D eigenvalue weighted by Gasteiger charge is -2.13. The van der Waals surface area contributed by atoms with Crippen LogP contribution in [0.4, 0.5) is 4.39 Å². The van der Waals surface area contributed by atoms with Crippen molar-refractivity contribution in [3.05, 3.63) is 29.6 Å². The summed E-state index contributed by atoms with van der Waals surface area (Å²) in [6.07, 6.45) is 2.11. The van der Waals surface area contributed by atoms with Crippen molar-refractivity contribution in [1.29, 1.82) is 0 Å². The van der Waals surface area contributed by atoms with E-state index in [4.69, 9.17) is 15.2 Å². The summed E-state index contributed by atoms with van der Waals surface area (Å²) in [5.74, 6) is -0.165. The lowest BCUT2D eigenvalue weighted by molar-refractivity contribution is 0.118. The minimum absolute atomic E-state index is 0.229. The average molecular weight is 241 g/mol. The fourth-order valence-electron chi connectivity index (χ4n) is 1.47. The normalized spacial score (nSPS) is 12.5. The minimum Gasteiger partial charge on any atom is -0.494 e. The van der Waals surface area contributed by atoms with Crippen LogP contribution in [0, 0.1) is 5.82 Å². The molecule has 0 aliphatic rings. The molecular weight excluding hydrogens is 221 g/mol. The van der Waals surface area contributed by atoms with Crippen molar-refractivity contribution in [3.63, 3.8) is 0 Å². The monoisotopic (exact) mass is 241 g/mol. The molecule has 0 saturated heterocycles. The first kappa shape index (κ1) is 13.9. The van der Waals surface area contributed by atoms with Crippen LogP contribution in [0.25, 0.3) is 0 Å². The second-order valence-corrected chi connectivity index (χ2v) is 3.93. The number of halogens is 1. The van der Waals surface area contributed by atoms with Gasteiger partial charge in [0.1, 0.15) is 0 Å². The van der Waals surface area contributed by atoms with Gasteiger partial charge in [-0.1, -0.05) is 19.4 Å². The third-order valence-corrected chi connectivity index (χ3v) is 2.54. The Labute approximate surface area is 102 Å². The van der Waals surface area contributed by atoms with Crippen LogP contribution in [-0.2, 0) is 4.74 Å². The van der Waals surface area contributed by atoms with Gasteiger partial charge in [-0.2, -0.15) is 0 Å². The molecule has 1 unspecified atom stereocenters. The van der Waals surface area contributed by atoms with E-state index < -0.39 is 5.82 Å². The molecule has 17 heavy (non-hydrogen) atoms. The van der Waals surface area contributed by atoms with E-state index in [9.17, 15) is 4.39 Å². The molecule has 0 aliphatic carbocycles. The molecule has 0 heterocycles. The number of hydrogen-bond donors (Lipinski definition) is 1. The van der Waals surface area contributed by atoms with Gasteiger partial charge in [-0.3, -0.25) is 0 Å². The number of benzene rings is 1. The first-order valence-corrected chi connectivity index (χ1v) is 5.85. The molecular formula is C13H20FNO2. The summed E-state index contributed by atoms with van der Waals surface area (Å²) in [7, 11) is 1.44. The summed E-state index contributed by atoms with van der Waals surface area (Å²) in [5, 5.41) is 0. The second-order valence-electron chi connectivity index (χ2n) is 3.93. The molecule has 0 fully saturated rings. The molecule has 0 aromatic heterocycles. The van der Waals surface area contributed by atoms with Gasteiger partial charge in [0.25, 0.3) is 0 Å². The third kappa shape index (κ3) is 4.32. The molecule has 1 atom stereocenters. The van der Waals surface area contributed by atoms with Crippen LogP contribution >= 0.6 is 0 Å². The lowest BCUT2D eigenvalue weighted by atomic mass is 10.1. The Balaban J connectivity index is 2.51. The highest BCUT2D eigenvalue weighted by molar-refractivity contribution is 5.30. The molecule has 3 nitrogen and oxygen atoms in total. The van der Waals surface area contributed by atoms with E-state index >= 15 is 0 Å². The molecule has 0 aliphatic heterocycles. The van der Waals surface area contributed by atoms with Crippen molar-refractivity contribution in [2.24, 2.45) is 5.73 Å². The van der Waals surface area contributed by atoms with Gasteiger partial charge in [-0.25, -0.2) is 4.39 Å². The minimum atomic E-state index is -0.394. The summed E-state index contributed by atoms with van der Waals surface area (Å²) in [4.78, 5) is 0. The quantitative estimate of drug-likeness (QED) is 0.746. The zero-order valence-corrected chi connectivity index (χ0v) is 10.4. The summed E-state index contributed by atoms with van der Waals surface area (Å²) >= 11 is 0. The van der Waals surface area contributed by atoms with E-state index in [1.54, 1.807) is 12.1 Å². The Morgan fingerprint density at radius 1 is 1.41 bits per heavy atom. The van der Waals surface area contributed by atoms with Gasteiger partial charge in [0.05, 0.1) is 19.8 Å². The molecule has 96 valence electrons. The van der Waals surface area contributed by atoms with Gasteiger partial charge in [-0.15, -0.1) is 0 Å². The number of unbranched alkanes of at least 4 members (excludes halogenated alkanes) is 1. The number of rotatable bonds is 7. The average Bonchev–Trinajstić information content (AvgIpc) is 2.34. The largest absolute Gasteiger partial charge is 0.494 e. The van der Waals surface area contributed by atoms with Gasteiger partial charge in [0.2, 0.25) is 0 Å². The molecule has 4 heteroatoms. The summed E-state index contributed by atoms with van der Waals surface area (Å²) < 4.78 is 23.7. The van der Waals surface area contributed by atoms with E-state index in [0.29, 0.717) is 13.2 Å². The molecule has 0 spiro atoms. The highest BCUT2D eigenvalue weighted by atomic mass is 19.1. The second kappa shape index (κ2) is 7.25. The Bertz CT molecular complexity index is 344. The van der Waals surface area contributed by atoms with E-state index in [0.717, 1.165) is 18.4 Å². The van der Waals surface area contributed by atoms with Gasteiger partial charge in [0.15, 0.2) is 11.6 Å². The maximum absolute atomic E-state index is 13.4. The van der Waals surface area contributed by atoms with Crippen LogP contribution in [0.5, 0.6) is 5.75 Å². The Morgan fingerprint density at radius 3 is 2.76 bits per heavy atom. The number of hydrogen-bond acceptors (Lipinski definition) is 3. The van der Waals surface area contributed by atoms with E-state index in [1.165, 1.54) is 13.2 Å². The van der Waals surface area contributed by atoms with Crippen LogP contribution in [-0.4, -0.2) is 20.3 Å². The number of nitrogens with two attached hydrogens (primary N) is 1. The van der Waals surface area contributed by atoms with Gasteiger partial charge < -0.3 is 15.2 Å². The molecule has 1 aromatic rings. The molecule has 1 rings (SSSR count). The fourth-order valence-corrected chi connectivity index (χ4v) is 1.47. The van der Waals surface area contributed by atoms with Crippen LogP contribution in [0.2, 0.25) is 0 Å². The van der Waals surface area contributed by atoms with Gasteiger partial charge >= 0.3 is 0 Å². The fraction of sp³-hybridized carbons (Fsp3) is 0.538. The smallest absolute Gasteiger partial charge is 0.165 e. The molecule has 0 saturated carbocycles. The van der Waals surface area contributed by atoms with Crippen molar-refractivity contribution in [3.8, 4) is 5.75 Å². The predicted molar refractivity (Wildman–Crippen MR) is 65.6 cm³/mol. The Hall–Kier alpha value is -1.13.